The summed E-state index contributed by atoms with van der Waals surface area (Å²) in [4.78, 5) is 0. The van der Waals surface area contributed by atoms with E-state index in [0.29, 0.717) is 5.41 Å². The van der Waals surface area contributed by atoms with Crippen molar-refractivity contribution in [3.05, 3.63) is 17.5 Å². The van der Waals surface area contributed by atoms with Crippen molar-refractivity contribution >= 4 is 0 Å². The van der Waals surface area contributed by atoms with Gasteiger partial charge in [0.2, 0.25) is 0 Å². The maximum atomic E-state index is 4.32. The Kier molecular flexibility index (Phi) is 3.18. The first kappa shape index (κ1) is 12.2. The highest BCUT2D eigenvalue weighted by molar-refractivity contribution is 5.16. The van der Waals surface area contributed by atoms with Gasteiger partial charge >= 0.3 is 0 Å². The lowest BCUT2D eigenvalue weighted by molar-refractivity contribution is 0.0221. The first-order chi connectivity index (χ1) is 8.71. The van der Waals surface area contributed by atoms with Gasteiger partial charge in [-0.2, -0.15) is 5.10 Å². The number of nitrogens with zero attached hydrogens (tertiary/aromatic N) is 2. The highest BCUT2D eigenvalue weighted by Crippen LogP contribution is 2.51. The minimum absolute atomic E-state index is 0.661. The van der Waals surface area contributed by atoms with Gasteiger partial charge in [-0.05, 0) is 38.0 Å². The van der Waals surface area contributed by atoms with Crippen LogP contribution in [0.4, 0.5) is 0 Å². The lowest BCUT2D eigenvalue weighted by Gasteiger charge is -2.52. The van der Waals surface area contributed by atoms with Crippen molar-refractivity contribution in [2.45, 2.75) is 64.5 Å². The molecule has 1 spiro atoms. The van der Waals surface area contributed by atoms with E-state index in [4.69, 9.17) is 0 Å². The second-order valence-electron chi connectivity index (χ2n) is 6.27. The molecule has 100 valence electrons. The molecule has 3 heteroatoms. The second-order valence-corrected chi connectivity index (χ2v) is 6.27. The van der Waals surface area contributed by atoms with E-state index in [0.717, 1.165) is 12.6 Å². The number of hydrogen-bond acceptors (Lipinski definition) is 2. The van der Waals surface area contributed by atoms with Gasteiger partial charge in [-0.15, -0.1) is 0 Å². The maximum absolute atomic E-state index is 4.32. The third-order valence-electron chi connectivity index (χ3n) is 5.40. The Morgan fingerprint density at radius 2 is 2.11 bits per heavy atom. The van der Waals surface area contributed by atoms with Crippen LogP contribution < -0.4 is 5.32 Å². The lowest BCUT2D eigenvalue weighted by Crippen LogP contribution is -2.54. The van der Waals surface area contributed by atoms with Gasteiger partial charge in [0, 0.05) is 30.9 Å². The molecular weight excluding hydrogens is 222 g/mol. The minimum Gasteiger partial charge on any atom is -0.309 e. The zero-order valence-electron chi connectivity index (χ0n) is 11.7. The summed E-state index contributed by atoms with van der Waals surface area (Å²) in [7, 11) is 2.02. The summed E-state index contributed by atoms with van der Waals surface area (Å²) in [5.74, 6) is 0. The van der Waals surface area contributed by atoms with Crippen molar-refractivity contribution < 1.29 is 0 Å². The Labute approximate surface area is 110 Å². The average Bonchev–Trinajstić information content (AvgIpc) is 2.70. The summed E-state index contributed by atoms with van der Waals surface area (Å²) < 4.78 is 1.97. The molecule has 1 aromatic heterocycles. The van der Waals surface area contributed by atoms with E-state index >= 15 is 0 Å². The standard InChI is InChI=1S/C15H25N3/c1-12-13(11-17-18(12)2)10-16-14-6-9-15(14)7-4-3-5-8-15/h11,14,16H,3-10H2,1-2H3. The normalized spacial score (nSPS) is 26.2. The van der Waals surface area contributed by atoms with Gasteiger partial charge in [0.1, 0.15) is 0 Å². The molecule has 0 saturated heterocycles. The SMILES string of the molecule is Cc1c(CNC2CCC23CCCCC3)cnn1C. The minimum atomic E-state index is 0.661. The predicted octanol–water partition coefficient (Wildman–Crippen LogP) is 2.93. The molecule has 18 heavy (non-hydrogen) atoms. The molecule has 1 atom stereocenters. The number of nitrogens with one attached hydrogen (secondary N) is 1. The average molecular weight is 247 g/mol. The molecule has 3 nitrogen and oxygen atoms in total. The van der Waals surface area contributed by atoms with E-state index in [2.05, 4.69) is 17.3 Å². The van der Waals surface area contributed by atoms with Crippen LogP contribution in [-0.4, -0.2) is 15.8 Å². The molecule has 0 aromatic carbocycles. The molecule has 1 unspecified atom stereocenters. The fourth-order valence-corrected chi connectivity index (χ4v) is 3.82. The first-order valence-electron chi connectivity index (χ1n) is 7.42. The molecule has 2 saturated carbocycles. The summed E-state index contributed by atoms with van der Waals surface area (Å²) in [5, 5.41) is 8.12. The predicted molar refractivity (Wildman–Crippen MR) is 73.3 cm³/mol. The number of rotatable bonds is 3. The van der Waals surface area contributed by atoms with Crippen LogP contribution in [0.15, 0.2) is 6.20 Å². The van der Waals surface area contributed by atoms with Gasteiger partial charge in [-0.25, -0.2) is 0 Å². The molecule has 0 aliphatic heterocycles. The van der Waals surface area contributed by atoms with E-state index in [1.807, 2.05) is 17.9 Å². The van der Waals surface area contributed by atoms with Gasteiger partial charge in [0.15, 0.2) is 0 Å². The molecule has 2 aliphatic rings. The van der Waals surface area contributed by atoms with Crippen LogP contribution in [0.25, 0.3) is 0 Å². The smallest absolute Gasteiger partial charge is 0.0537 e. The second kappa shape index (κ2) is 4.69. The topological polar surface area (TPSA) is 29.9 Å². The van der Waals surface area contributed by atoms with Crippen molar-refractivity contribution in [2.75, 3.05) is 0 Å². The fraction of sp³-hybridized carbons (Fsp3) is 0.800. The van der Waals surface area contributed by atoms with Crippen LogP contribution in [-0.2, 0) is 13.6 Å². The van der Waals surface area contributed by atoms with E-state index in [1.54, 1.807) is 0 Å². The molecule has 0 radical (unpaired) electrons. The number of aryl methyl sites for hydroxylation is 1. The van der Waals surface area contributed by atoms with Crippen molar-refractivity contribution in [1.29, 1.82) is 0 Å². The fourth-order valence-electron chi connectivity index (χ4n) is 3.82. The van der Waals surface area contributed by atoms with Crippen molar-refractivity contribution in [3.8, 4) is 0 Å². The molecule has 2 fully saturated rings. The first-order valence-corrected chi connectivity index (χ1v) is 7.42. The molecule has 1 aromatic rings. The Hall–Kier alpha value is -0.830. The van der Waals surface area contributed by atoms with Gasteiger partial charge in [0.05, 0.1) is 6.20 Å². The van der Waals surface area contributed by atoms with Gasteiger partial charge in [0.25, 0.3) is 0 Å². The van der Waals surface area contributed by atoms with Crippen LogP contribution in [0.2, 0.25) is 0 Å². The molecule has 3 rings (SSSR count). The van der Waals surface area contributed by atoms with Crippen LogP contribution in [0.1, 0.15) is 56.2 Å². The zero-order chi connectivity index (χ0) is 12.6. The number of aromatic nitrogens is 2. The lowest BCUT2D eigenvalue weighted by atomic mass is 9.57. The Morgan fingerprint density at radius 1 is 1.33 bits per heavy atom. The van der Waals surface area contributed by atoms with Crippen molar-refractivity contribution in [3.63, 3.8) is 0 Å². The quantitative estimate of drug-likeness (QED) is 0.890. The molecule has 1 heterocycles. The summed E-state index contributed by atoms with van der Waals surface area (Å²) >= 11 is 0. The Bertz CT molecular complexity index is 415. The van der Waals surface area contributed by atoms with Crippen LogP contribution in [0, 0.1) is 12.3 Å². The number of hydrogen-bond donors (Lipinski definition) is 1. The van der Waals surface area contributed by atoms with Crippen LogP contribution >= 0.6 is 0 Å². The maximum Gasteiger partial charge on any atom is 0.0537 e. The monoisotopic (exact) mass is 247 g/mol. The van der Waals surface area contributed by atoms with Crippen LogP contribution in [0.5, 0.6) is 0 Å². The van der Waals surface area contributed by atoms with Gasteiger partial charge in [-0.3, -0.25) is 4.68 Å². The highest BCUT2D eigenvalue weighted by atomic mass is 15.3. The molecule has 1 N–H and O–H groups in total. The third kappa shape index (κ3) is 1.99. The summed E-state index contributed by atoms with van der Waals surface area (Å²) in [6.07, 6.45) is 12.1. The van der Waals surface area contributed by atoms with Crippen molar-refractivity contribution in [1.82, 2.24) is 15.1 Å². The summed E-state index contributed by atoms with van der Waals surface area (Å²) in [6.45, 7) is 3.15. The molecule has 0 amide bonds. The third-order valence-corrected chi connectivity index (χ3v) is 5.40. The Balaban J connectivity index is 1.59. The molecule has 2 aliphatic carbocycles. The molecular formula is C15H25N3. The van der Waals surface area contributed by atoms with E-state index in [-0.39, 0.29) is 0 Å². The molecule has 0 bridgehead atoms. The van der Waals surface area contributed by atoms with Gasteiger partial charge < -0.3 is 5.32 Å². The van der Waals surface area contributed by atoms with E-state index in [1.165, 1.54) is 56.2 Å². The summed E-state index contributed by atoms with van der Waals surface area (Å²) in [5.41, 5.74) is 3.31. The zero-order valence-corrected chi connectivity index (χ0v) is 11.7. The largest absolute Gasteiger partial charge is 0.309 e. The van der Waals surface area contributed by atoms with Crippen LogP contribution in [0.3, 0.4) is 0 Å². The van der Waals surface area contributed by atoms with Crippen molar-refractivity contribution in [2.24, 2.45) is 12.5 Å². The van der Waals surface area contributed by atoms with E-state index < -0.39 is 0 Å². The summed E-state index contributed by atoms with van der Waals surface area (Å²) in [6, 6.07) is 0.761. The highest BCUT2D eigenvalue weighted by Gasteiger charge is 2.46. The Morgan fingerprint density at radius 3 is 2.67 bits per heavy atom. The van der Waals surface area contributed by atoms with Gasteiger partial charge in [-0.1, -0.05) is 19.3 Å². The van der Waals surface area contributed by atoms with E-state index in [9.17, 15) is 0 Å².